The first-order chi connectivity index (χ1) is 14.1. The molecule has 148 valence electrons. The highest BCUT2D eigenvalue weighted by molar-refractivity contribution is 9.10. The molecule has 0 aliphatic carbocycles. The zero-order chi connectivity index (χ0) is 20.6. The molecule has 0 aliphatic rings. The molecule has 0 bridgehead atoms. The highest BCUT2D eigenvalue weighted by Crippen LogP contribution is 2.35. The average Bonchev–Trinajstić information content (AvgIpc) is 2.75. The SMILES string of the molecule is COc1cc(/C=N/NC(=O)C(c2ccccc2)c2ccccc2)cc(Br)c1OC. The van der Waals surface area contributed by atoms with Crippen LogP contribution in [-0.4, -0.2) is 26.3 Å². The van der Waals surface area contributed by atoms with E-state index >= 15 is 0 Å². The number of nitrogens with zero attached hydrogens (tertiary/aromatic N) is 1. The number of carbonyl (C=O) groups excluding carboxylic acids is 1. The van der Waals surface area contributed by atoms with Crippen LogP contribution in [0.1, 0.15) is 22.6 Å². The summed E-state index contributed by atoms with van der Waals surface area (Å²) >= 11 is 3.45. The molecule has 0 radical (unpaired) electrons. The monoisotopic (exact) mass is 452 g/mol. The maximum absolute atomic E-state index is 12.9. The van der Waals surface area contributed by atoms with Gasteiger partial charge in [0.1, 0.15) is 0 Å². The van der Waals surface area contributed by atoms with E-state index in [1.165, 1.54) is 0 Å². The first-order valence-electron chi connectivity index (χ1n) is 8.98. The van der Waals surface area contributed by atoms with E-state index in [9.17, 15) is 4.79 Å². The molecule has 0 aliphatic heterocycles. The van der Waals surface area contributed by atoms with Crippen molar-refractivity contribution < 1.29 is 14.3 Å². The topological polar surface area (TPSA) is 59.9 Å². The van der Waals surface area contributed by atoms with E-state index in [1.54, 1.807) is 26.5 Å². The number of carbonyl (C=O) groups is 1. The Morgan fingerprint density at radius 3 is 2.07 bits per heavy atom. The van der Waals surface area contributed by atoms with Gasteiger partial charge in [0.25, 0.3) is 5.91 Å². The van der Waals surface area contributed by atoms with Gasteiger partial charge in [-0.25, -0.2) is 5.43 Å². The number of hydrogen-bond acceptors (Lipinski definition) is 4. The fraction of sp³-hybridized carbons (Fsp3) is 0.130. The molecule has 0 aromatic heterocycles. The lowest BCUT2D eigenvalue weighted by Crippen LogP contribution is -2.26. The molecule has 0 unspecified atom stereocenters. The van der Waals surface area contributed by atoms with E-state index in [1.807, 2.05) is 66.7 Å². The van der Waals surface area contributed by atoms with Crippen LogP contribution in [-0.2, 0) is 4.79 Å². The smallest absolute Gasteiger partial charge is 0.252 e. The summed E-state index contributed by atoms with van der Waals surface area (Å²) in [5.41, 5.74) is 5.22. The molecule has 0 spiro atoms. The molecule has 6 heteroatoms. The Labute approximate surface area is 178 Å². The van der Waals surface area contributed by atoms with Crippen LogP contribution >= 0.6 is 15.9 Å². The van der Waals surface area contributed by atoms with E-state index in [4.69, 9.17) is 9.47 Å². The summed E-state index contributed by atoms with van der Waals surface area (Å²) in [4.78, 5) is 12.9. The van der Waals surface area contributed by atoms with E-state index in [0.29, 0.717) is 11.5 Å². The minimum atomic E-state index is -0.452. The Morgan fingerprint density at radius 2 is 1.55 bits per heavy atom. The van der Waals surface area contributed by atoms with Crippen LogP contribution in [0, 0.1) is 0 Å². The van der Waals surface area contributed by atoms with Gasteiger partial charge in [-0.15, -0.1) is 0 Å². The molecule has 0 heterocycles. The van der Waals surface area contributed by atoms with Crippen molar-refractivity contribution in [2.75, 3.05) is 14.2 Å². The second kappa shape index (κ2) is 9.89. The number of benzene rings is 3. The van der Waals surface area contributed by atoms with Gasteiger partial charge < -0.3 is 9.47 Å². The van der Waals surface area contributed by atoms with Gasteiger partial charge in [0.2, 0.25) is 0 Å². The molecule has 29 heavy (non-hydrogen) atoms. The summed E-state index contributed by atoms with van der Waals surface area (Å²) in [7, 11) is 3.14. The Bertz CT molecular complexity index is 952. The zero-order valence-corrected chi connectivity index (χ0v) is 17.7. The van der Waals surface area contributed by atoms with Crippen LogP contribution in [0.15, 0.2) is 82.4 Å². The molecular formula is C23H21BrN2O3. The molecule has 3 aromatic rings. The maximum Gasteiger partial charge on any atom is 0.252 e. The molecule has 5 nitrogen and oxygen atoms in total. The van der Waals surface area contributed by atoms with Crippen LogP contribution in [0.2, 0.25) is 0 Å². The lowest BCUT2D eigenvalue weighted by Gasteiger charge is -2.16. The van der Waals surface area contributed by atoms with Gasteiger partial charge in [0, 0.05) is 0 Å². The Kier molecular flexibility index (Phi) is 7.03. The standard InChI is InChI=1S/C23H21BrN2O3/c1-28-20-14-16(13-19(24)22(20)29-2)15-25-26-23(27)21(17-9-5-3-6-10-17)18-11-7-4-8-12-18/h3-15,21H,1-2H3,(H,26,27)/b25-15+. The van der Waals surface area contributed by atoms with Gasteiger partial charge in [-0.3, -0.25) is 4.79 Å². The minimum Gasteiger partial charge on any atom is -0.493 e. The maximum atomic E-state index is 12.9. The number of rotatable bonds is 7. The van der Waals surface area contributed by atoms with Crippen molar-refractivity contribution in [3.63, 3.8) is 0 Å². The molecule has 0 saturated heterocycles. The van der Waals surface area contributed by atoms with Crippen molar-refractivity contribution >= 4 is 28.1 Å². The molecule has 1 amide bonds. The van der Waals surface area contributed by atoms with Gasteiger partial charge >= 0.3 is 0 Å². The van der Waals surface area contributed by atoms with Crippen LogP contribution < -0.4 is 14.9 Å². The van der Waals surface area contributed by atoms with Crippen LogP contribution in [0.4, 0.5) is 0 Å². The summed E-state index contributed by atoms with van der Waals surface area (Å²) in [6.45, 7) is 0. The van der Waals surface area contributed by atoms with E-state index in [0.717, 1.165) is 21.2 Å². The third-order valence-corrected chi connectivity index (χ3v) is 4.96. The highest BCUT2D eigenvalue weighted by atomic mass is 79.9. The van der Waals surface area contributed by atoms with Crippen LogP contribution in [0.5, 0.6) is 11.5 Å². The first-order valence-corrected chi connectivity index (χ1v) is 9.77. The van der Waals surface area contributed by atoms with Crippen molar-refractivity contribution in [3.8, 4) is 11.5 Å². The third-order valence-electron chi connectivity index (χ3n) is 4.37. The number of hydrogen-bond donors (Lipinski definition) is 1. The minimum absolute atomic E-state index is 0.210. The van der Waals surface area contributed by atoms with Crippen molar-refractivity contribution in [1.29, 1.82) is 0 Å². The lowest BCUT2D eigenvalue weighted by atomic mass is 9.91. The number of ether oxygens (including phenoxy) is 2. The zero-order valence-electron chi connectivity index (χ0n) is 16.1. The predicted molar refractivity (Wildman–Crippen MR) is 118 cm³/mol. The second-order valence-corrected chi connectivity index (χ2v) is 7.08. The predicted octanol–water partition coefficient (Wildman–Crippen LogP) is 4.75. The van der Waals surface area contributed by atoms with Gasteiger partial charge in [0.05, 0.1) is 30.8 Å². The summed E-state index contributed by atoms with van der Waals surface area (Å²) in [5.74, 6) is 0.507. The van der Waals surface area contributed by atoms with E-state index in [2.05, 4.69) is 26.5 Å². The van der Waals surface area contributed by atoms with E-state index in [-0.39, 0.29) is 5.91 Å². The molecule has 3 rings (SSSR count). The Balaban J connectivity index is 1.81. The summed E-state index contributed by atoms with van der Waals surface area (Å²) in [6, 6.07) is 22.9. The lowest BCUT2D eigenvalue weighted by molar-refractivity contribution is -0.121. The molecule has 0 fully saturated rings. The quantitative estimate of drug-likeness (QED) is 0.415. The van der Waals surface area contributed by atoms with Crippen molar-refractivity contribution in [1.82, 2.24) is 5.43 Å². The van der Waals surface area contributed by atoms with Crippen LogP contribution in [0.25, 0.3) is 0 Å². The number of hydrazone groups is 1. The summed E-state index contributed by atoms with van der Waals surface area (Å²) in [5, 5.41) is 4.14. The molecule has 0 saturated carbocycles. The van der Waals surface area contributed by atoms with Crippen molar-refractivity contribution in [2.45, 2.75) is 5.92 Å². The number of amides is 1. The van der Waals surface area contributed by atoms with Gasteiger partial charge in [0.15, 0.2) is 11.5 Å². The number of nitrogens with one attached hydrogen (secondary N) is 1. The summed E-state index contributed by atoms with van der Waals surface area (Å²) in [6.07, 6.45) is 1.57. The average molecular weight is 453 g/mol. The highest BCUT2D eigenvalue weighted by Gasteiger charge is 2.22. The van der Waals surface area contributed by atoms with Gasteiger partial charge in [-0.05, 0) is 44.8 Å². The molecule has 1 N–H and O–H groups in total. The van der Waals surface area contributed by atoms with Gasteiger partial charge in [-0.2, -0.15) is 5.10 Å². The fourth-order valence-corrected chi connectivity index (χ4v) is 3.66. The van der Waals surface area contributed by atoms with E-state index < -0.39 is 5.92 Å². The summed E-state index contributed by atoms with van der Waals surface area (Å²) < 4.78 is 11.4. The number of halogens is 1. The number of methoxy groups -OCH3 is 2. The Hall–Kier alpha value is -3.12. The third kappa shape index (κ3) is 5.03. The largest absolute Gasteiger partial charge is 0.493 e. The van der Waals surface area contributed by atoms with Crippen molar-refractivity contribution in [2.24, 2.45) is 5.10 Å². The van der Waals surface area contributed by atoms with Gasteiger partial charge in [-0.1, -0.05) is 60.7 Å². The van der Waals surface area contributed by atoms with Crippen LogP contribution in [0.3, 0.4) is 0 Å². The normalized spacial score (nSPS) is 10.9. The molecular weight excluding hydrogens is 432 g/mol. The second-order valence-electron chi connectivity index (χ2n) is 6.23. The van der Waals surface area contributed by atoms with Crippen molar-refractivity contribution in [3.05, 3.63) is 94.0 Å². The molecule has 3 aromatic carbocycles. The first kappa shape index (κ1) is 20.6. The fourth-order valence-electron chi connectivity index (χ4n) is 3.03. The molecule has 0 atom stereocenters. The Morgan fingerprint density at radius 1 is 0.966 bits per heavy atom.